The number of likely N-dealkylation sites (tertiary alicyclic amines) is 1. The molecule has 1 unspecified atom stereocenters. The third kappa shape index (κ3) is 5.32. The van der Waals surface area contributed by atoms with Crippen molar-refractivity contribution < 1.29 is 4.74 Å². The van der Waals surface area contributed by atoms with Crippen molar-refractivity contribution in [2.75, 3.05) is 65.8 Å². The smallest absolute Gasteiger partial charge is 0.193 e. The molecule has 0 bridgehead atoms. The van der Waals surface area contributed by atoms with Crippen LogP contribution < -0.4 is 5.32 Å². The molecule has 0 spiro atoms. The highest BCUT2D eigenvalue weighted by atomic mass is 32.2. The average molecular weight is 329 g/mol. The second kappa shape index (κ2) is 8.41. The standard InChI is InChI=1S/C16H32N4OS/c1-16(2,22-4)13-18-15(17-3)20-6-5-14(12-20)11-19-7-9-21-10-8-19/h14H,5-13H2,1-4H3,(H,17,18). The van der Waals surface area contributed by atoms with Crippen LogP contribution in [0.2, 0.25) is 0 Å². The summed E-state index contributed by atoms with van der Waals surface area (Å²) in [5, 5.41) is 3.55. The summed E-state index contributed by atoms with van der Waals surface area (Å²) in [6.07, 6.45) is 3.43. The molecule has 22 heavy (non-hydrogen) atoms. The Balaban J connectivity index is 1.77. The van der Waals surface area contributed by atoms with Gasteiger partial charge >= 0.3 is 0 Å². The van der Waals surface area contributed by atoms with Gasteiger partial charge in [0.15, 0.2) is 5.96 Å². The van der Waals surface area contributed by atoms with Crippen LogP contribution in [0.1, 0.15) is 20.3 Å². The predicted molar refractivity (Wildman–Crippen MR) is 95.9 cm³/mol. The van der Waals surface area contributed by atoms with Gasteiger partial charge in [0.2, 0.25) is 0 Å². The van der Waals surface area contributed by atoms with Crippen LogP contribution in [-0.2, 0) is 4.74 Å². The van der Waals surface area contributed by atoms with E-state index in [9.17, 15) is 0 Å². The number of nitrogens with zero attached hydrogens (tertiary/aromatic N) is 3. The lowest BCUT2D eigenvalue weighted by molar-refractivity contribution is 0.0315. The largest absolute Gasteiger partial charge is 0.379 e. The van der Waals surface area contributed by atoms with Gasteiger partial charge in [0.05, 0.1) is 13.2 Å². The first-order chi connectivity index (χ1) is 10.5. The van der Waals surface area contributed by atoms with Gasteiger partial charge in [-0.3, -0.25) is 9.89 Å². The first-order valence-electron chi connectivity index (χ1n) is 8.35. The van der Waals surface area contributed by atoms with E-state index in [-0.39, 0.29) is 4.75 Å². The van der Waals surface area contributed by atoms with Crippen molar-refractivity contribution in [1.82, 2.24) is 15.1 Å². The minimum absolute atomic E-state index is 0.239. The van der Waals surface area contributed by atoms with Crippen LogP contribution in [0.25, 0.3) is 0 Å². The Labute approximate surface area is 139 Å². The molecule has 0 aliphatic carbocycles. The number of hydrogen-bond donors (Lipinski definition) is 1. The van der Waals surface area contributed by atoms with Gasteiger partial charge in [0.25, 0.3) is 0 Å². The van der Waals surface area contributed by atoms with Gasteiger partial charge in [-0.1, -0.05) is 0 Å². The molecule has 0 aromatic heterocycles. The average Bonchev–Trinajstić information content (AvgIpc) is 2.97. The number of nitrogens with one attached hydrogen (secondary N) is 1. The van der Waals surface area contributed by atoms with Crippen molar-refractivity contribution in [3.63, 3.8) is 0 Å². The van der Waals surface area contributed by atoms with Crippen molar-refractivity contribution in [1.29, 1.82) is 0 Å². The number of guanidine groups is 1. The van der Waals surface area contributed by atoms with Crippen molar-refractivity contribution in [2.45, 2.75) is 25.0 Å². The van der Waals surface area contributed by atoms with E-state index in [1.165, 1.54) is 13.0 Å². The lowest BCUT2D eigenvalue weighted by atomic mass is 10.1. The van der Waals surface area contributed by atoms with E-state index in [4.69, 9.17) is 4.74 Å². The van der Waals surface area contributed by atoms with Gasteiger partial charge in [0, 0.05) is 51.1 Å². The number of aliphatic imine (C=N–C) groups is 1. The molecule has 5 nitrogen and oxygen atoms in total. The number of thioether (sulfide) groups is 1. The van der Waals surface area contributed by atoms with E-state index in [1.54, 1.807) is 0 Å². The molecule has 2 heterocycles. The van der Waals surface area contributed by atoms with E-state index in [2.05, 4.69) is 40.2 Å². The van der Waals surface area contributed by atoms with Crippen molar-refractivity contribution in [3.8, 4) is 0 Å². The first kappa shape index (κ1) is 17.9. The second-order valence-electron chi connectivity index (χ2n) is 6.88. The molecule has 6 heteroatoms. The van der Waals surface area contributed by atoms with Crippen molar-refractivity contribution in [2.24, 2.45) is 10.9 Å². The minimum atomic E-state index is 0.239. The van der Waals surface area contributed by atoms with E-state index in [1.807, 2.05) is 18.8 Å². The normalized spacial score (nSPS) is 24.8. The van der Waals surface area contributed by atoms with Crippen molar-refractivity contribution in [3.05, 3.63) is 0 Å². The lowest BCUT2D eigenvalue weighted by Crippen LogP contribution is -2.45. The van der Waals surface area contributed by atoms with Gasteiger partial charge in [-0.15, -0.1) is 0 Å². The molecular weight excluding hydrogens is 296 g/mol. The summed E-state index contributed by atoms with van der Waals surface area (Å²) >= 11 is 1.89. The zero-order chi connectivity index (χ0) is 16.0. The monoisotopic (exact) mass is 328 g/mol. The summed E-state index contributed by atoms with van der Waals surface area (Å²) in [5.74, 6) is 1.82. The molecule has 2 aliphatic rings. The fourth-order valence-electron chi connectivity index (χ4n) is 3.02. The summed E-state index contributed by atoms with van der Waals surface area (Å²) in [6, 6.07) is 0. The molecular formula is C16H32N4OS. The van der Waals surface area contributed by atoms with Crippen LogP contribution >= 0.6 is 11.8 Å². The zero-order valence-corrected chi connectivity index (χ0v) is 15.4. The number of rotatable bonds is 5. The van der Waals surface area contributed by atoms with Gasteiger partial charge < -0.3 is 15.0 Å². The summed E-state index contributed by atoms with van der Waals surface area (Å²) in [4.78, 5) is 9.44. The Morgan fingerprint density at radius 3 is 2.68 bits per heavy atom. The Hall–Kier alpha value is -0.460. The fourth-order valence-corrected chi connectivity index (χ4v) is 3.24. The fraction of sp³-hybridized carbons (Fsp3) is 0.938. The van der Waals surface area contributed by atoms with Gasteiger partial charge in [0.1, 0.15) is 0 Å². The topological polar surface area (TPSA) is 40.1 Å². The van der Waals surface area contributed by atoms with E-state index >= 15 is 0 Å². The van der Waals surface area contributed by atoms with E-state index < -0.39 is 0 Å². The van der Waals surface area contributed by atoms with Crippen LogP contribution in [-0.4, -0.2) is 86.3 Å². The predicted octanol–water partition coefficient (Wildman–Crippen LogP) is 1.36. The maximum atomic E-state index is 5.43. The van der Waals surface area contributed by atoms with Gasteiger partial charge in [-0.2, -0.15) is 11.8 Å². The van der Waals surface area contributed by atoms with Gasteiger partial charge in [-0.05, 0) is 32.4 Å². The molecule has 2 aliphatic heterocycles. The van der Waals surface area contributed by atoms with Crippen LogP contribution in [0.15, 0.2) is 4.99 Å². The van der Waals surface area contributed by atoms with Crippen LogP contribution in [0.5, 0.6) is 0 Å². The third-order valence-corrected chi connectivity index (χ3v) is 5.89. The number of hydrogen-bond acceptors (Lipinski definition) is 4. The Morgan fingerprint density at radius 1 is 1.32 bits per heavy atom. The molecule has 1 atom stereocenters. The summed E-state index contributed by atoms with van der Waals surface area (Å²) in [5.41, 5.74) is 0. The molecule has 0 amide bonds. The van der Waals surface area contributed by atoms with Crippen molar-refractivity contribution >= 4 is 17.7 Å². The second-order valence-corrected chi connectivity index (χ2v) is 8.39. The molecule has 2 fully saturated rings. The molecule has 2 saturated heterocycles. The third-order valence-electron chi connectivity index (χ3n) is 4.64. The molecule has 1 N–H and O–H groups in total. The van der Waals surface area contributed by atoms with Crippen LogP contribution in [0, 0.1) is 5.92 Å². The maximum absolute atomic E-state index is 5.43. The highest BCUT2D eigenvalue weighted by Crippen LogP contribution is 2.21. The molecule has 0 aromatic carbocycles. The van der Waals surface area contributed by atoms with Gasteiger partial charge in [-0.25, -0.2) is 0 Å². The zero-order valence-electron chi connectivity index (χ0n) is 14.6. The number of morpholine rings is 1. The molecule has 2 rings (SSSR count). The minimum Gasteiger partial charge on any atom is -0.379 e. The summed E-state index contributed by atoms with van der Waals surface area (Å²) in [7, 11) is 1.89. The Kier molecular flexibility index (Phi) is 6.84. The summed E-state index contributed by atoms with van der Waals surface area (Å²) < 4.78 is 5.67. The SMILES string of the molecule is CN=C(NCC(C)(C)SC)N1CCC(CN2CCOCC2)C1. The molecule has 0 saturated carbocycles. The Morgan fingerprint density at radius 2 is 2.05 bits per heavy atom. The maximum Gasteiger partial charge on any atom is 0.193 e. The number of ether oxygens (including phenoxy) is 1. The highest BCUT2D eigenvalue weighted by Gasteiger charge is 2.27. The molecule has 128 valence electrons. The van der Waals surface area contributed by atoms with Crippen LogP contribution in [0.3, 0.4) is 0 Å². The lowest BCUT2D eigenvalue weighted by Gasteiger charge is -2.30. The first-order valence-corrected chi connectivity index (χ1v) is 9.57. The van der Waals surface area contributed by atoms with E-state index in [0.717, 1.165) is 57.8 Å². The molecule has 0 aromatic rings. The molecule has 0 radical (unpaired) electrons. The Bertz CT molecular complexity index is 369. The highest BCUT2D eigenvalue weighted by molar-refractivity contribution is 7.99. The summed E-state index contributed by atoms with van der Waals surface area (Å²) in [6.45, 7) is 12.9. The van der Waals surface area contributed by atoms with Crippen LogP contribution in [0.4, 0.5) is 0 Å². The quantitative estimate of drug-likeness (QED) is 0.609. The van der Waals surface area contributed by atoms with E-state index in [0.29, 0.717) is 0 Å².